The largest absolute Gasteiger partial charge is 0.349 e. The highest BCUT2D eigenvalue weighted by atomic mass is 16.2. The van der Waals surface area contributed by atoms with Crippen LogP contribution in [0.2, 0.25) is 0 Å². The van der Waals surface area contributed by atoms with E-state index in [0.29, 0.717) is 12.1 Å². The molecule has 31 heavy (non-hydrogen) atoms. The zero-order valence-corrected chi connectivity index (χ0v) is 20.0. The van der Waals surface area contributed by atoms with Gasteiger partial charge in [-0.25, -0.2) is 0 Å². The van der Waals surface area contributed by atoms with Gasteiger partial charge in [-0.1, -0.05) is 77.1 Å². The van der Waals surface area contributed by atoms with E-state index in [2.05, 4.69) is 53.8 Å². The number of nitrogens with zero attached hydrogens (tertiary/aromatic N) is 1. The van der Waals surface area contributed by atoms with Gasteiger partial charge >= 0.3 is 0 Å². The SMILES string of the molecule is CC(C)CN1C(=O)c2ccccc2-c2ccccc2C1C(=O)NC(C)(C)CC(C)(C)C. The summed E-state index contributed by atoms with van der Waals surface area (Å²) in [6, 6.07) is 14.9. The zero-order chi connectivity index (χ0) is 23.0. The second-order valence-electron chi connectivity index (χ2n) is 11.0. The molecule has 0 radical (unpaired) electrons. The second kappa shape index (κ2) is 8.49. The molecule has 4 heteroatoms. The summed E-state index contributed by atoms with van der Waals surface area (Å²) in [6.07, 6.45) is 0.832. The van der Waals surface area contributed by atoms with E-state index in [4.69, 9.17) is 0 Å². The van der Waals surface area contributed by atoms with Gasteiger partial charge < -0.3 is 10.2 Å². The Balaban J connectivity index is 2.12. The van der Waals surface area contributed by atoms with Gasteiger partial charge in [-0.2, -0.15) is 0 Å². The molecule has 2 amide bonds. The van der Waals surface area contributed by atoms with Crippen LogP contribution in [0, 0.1) is 11.3 Å². The molecule has 0 bridgehead atoms. The molecular weight excluding hydrogens is 384 g/mol. The average molecular weight is 421 g/mol. The van der Waals surface area contributed by atoms with Crippen molar-refractivity contribution in [2.24, 2.45) is 11.3 Å². The highest BCUT2D eigenvalue weighted by Gasteiger charge is 2.39. The number of hydrogen-bond donors (Lipinski definition) is 1. The van der Waals surface area contributed by atoms with E-state index in [0.717, 1.165) is 23.1 Å². The summed E-state index contributed by atoms with van der Waals surface area (Å²) < 4.78 is 0. The van der Waals surface area contributed by atoms with Crippen molar-refractivity contribution in [3.63, 3.8) is 0 Å². The first kappa shape index (κ1) is 23.1. The van der Waals surface area contributed by atoms with E-state index in [1.54, 1.807) is 4.90 Å². The monoisotopic (exact) mass is 420 g/mol. The van der Waals surface area contributed by atoms with Crippen molar-refractivity contribution in [1.29, 1.82) is 0 Å². The molecule has 0 spiro atoms. The molecule has 1 N–H and O–H groups in total. The third-order valence-corrected chi connectivity index (χ3v) is 5.52. The fraction of sp³-hybridized carbons (Fsp3) is 0.481. The number of carbonyl (C=O) groups excluding carboxylic acids is 2. The van der Waals surface area contributed by atoms with Gasteiger partial charge in [0.25, 0.3) is 5.91 Å². The lowest BCUT2D eigenvalue weighted by atomic mass is 9.81. The number of carbonyl (C=O) groups is 2. The standard InChI is InChI=1S/C27H36N2O2/c1-18(2)16-29-23(24(30)28-27(6,7)17-26(3,4)5)21-14-10-8-12-19(21)20-13-9-11-15-22(20)25(29)31/h8-15,18,23H,16-17H2,1-7H3,(H,28,30). The van der Waals surface area contributed by atoms with Gasteiger partial charge in [0.1, 0.15) is 6.04 Å². The van der Waals surface area contributed by atoms with Gasteiger partial charge in [0.2, 0.25) is 5.91 Å². The Morgan fingerprint density at radius 2 is 1.48 bits per heavy atom. The molecule has 166 valence electrons. The van der Waals surface area contributed by atoms with Crippen LogP contribution in [0.1, 0.15) is 76.9 Å². The van der Waals surface area contributed by atoms with E-state index in [9.17, 15) is 9.59 Å². The van der Waals surface area contributed by atoms with Crippen LogP contribution in [0.25, 0.3) is 11.1 Å². The molecule has 1 aliphatic heterocycles. The molecule has 4 nitrogen and oxygen atoms in total. The van der Waals surface area contributed by atoms with Crippen LogP contribution in [0.5, 0.6) is 0 Å². The molecule has 0 saturated carbocycles. The first-order valence-corrected chi connectivity index (χ1v) is 11.2. The predicted molar refractivity (Wildman–Crippen MR) is 127 cm³/mol. The third kappa shape index (κ3) is 5.17. The quantitative estimate of drug-likeness (QED) is 0.661. The molecule has 0 saturated heterocycles. The van der Waals surface area contributed by atoms with Gasteiger partial charge in [0, 0.05) is 17.6 Å². The van der Waals surface area contributed by atoms with Gasteiger partial charge in [-0.3, -0.25) is 9.59 Å². The van der Waals surface area contributed by atoms with E-state index < -0.39 is 11.6 Å². The molecule has 1 aliphatic rings. The van der Waals surface area contributed by atoms with Crippen LogP contribution < -0.4 is 5.32 Å². The zero-order valence-electron chi connectivity index (χ0n) is 20.0. The van der Waals surface area contributed by atoms with Crippen molar-refractivity contribution in [3.8, 4) is 11.1 Å². The third-order valence-electron chi connectivity index (χ3n) is 5.52. The van der Waals surface area contributed by atoms with Crippen LogP contribution in [0.3, 0.4) is 0 Å². The summed E-state index contributed by atoms with van der Waals surface area (Å²) in [4.78, 5) is 29.3. The van der Waals surface area contributed by atoms with Crippen LogP contribution in [0.4, 0.5) is 0 Å². The van der Waals surface area contributed by atoms with Crippen molar-refractivity contribution in [1.82, 2.24) is 10.2 Å². The van der Waals surface area contributed by atoms with Gasteiger partial charge in [0.15, 0.2) is 0 Å². The minimum Gasteiger partial charge on any atom is -0.349 e. The average Bonchev–Trinajstić information content (AvgIpc) is 2.73. The fourth-order valence-electron chi connectivity index (χ4n) is 4.96. The smallest absolute Gasteiger partial charge is 0.255 e. The van der Waals surface area contributed by atoms with E-state index in [1.165, 1.54) is 0 Å². The number of fused-ring (bicyclic) bond motifs is 3. The van der Waals surface area contributed by atoms with Gasteiger partial charge in [-0.05, 0) is 54.4 Å². The number of hydrogen-bond acceptors (Lipinski definition) is 2. The Kier molecular flexibility index (Phi) is 6.31. The molecule has 0 aromatic heterocycles. The molecular formula is C27H36N2O2. The van der Waals surface area contributed by atoms with Crippen LogP contribution in [-0.2, 0) is 4.79 Å². The van der Waals surface area contributed by atoms with Crippen molar-refractivity contribution < 1.29 is 9.59 Å². The normalized spacial score (nSPS) is 16.6. The number of amides is 2. The minimum absolute atomic E-state index is 0.0712. The summed E-state index contributed by atoms with van der Waals surface area (Å²) in [7, 11) is 0. The summed E-state index contributed by atoms with van der Waals surface area (Å²) in [5.74, 6) is 0.0250. The van der Waals surface area contributed by atoms with Crippen LogP contribution in [0.15, 0.2) is 48.5 Å². The summed E-state index contributed by atoms with van der Waals surface area (Å²) in [5.41, 5.74) is 3.05. The Morgan fingerprint density at radius 1 is 0.935 bits per heavy atom. The van der Waals surface area contributed by atoms with Crippen LogP contribution in [-0.4, -0.2) is 28.8 Å². The molecule has 1 heterocycles. The molecule has 2 aromatic carbocycles. The summed E-state index contributed by atoms with van der Waals surface area (Å²) >= 11 is 0. The lowest BCUT2D eigenvalue weighted by molar-refractivity contribution is -0.128. The maximum Gasteiger partial charge on any atom is 0.255 e. The fourth-order valence-corrected chi connectivity index (χ4v) is 4.96. The van der Waals surface area contributed by atoms with E-state index in [1.807, 2.05) is 48.5 Å². The second-order valence-corrected chi connectivity index (χ2v) is 11.0. The highest BCUT2D eigenvalue weighted by molar-refractivity contribution is 6.06. The first-order chi connectivity index (χ1) is 14.4. The molecule has 0 aliphatic carbocycles. The Bertz CT molecular complexity index is 969. The predicted octanol–water partition coefficient (Wildman–Crippen LogP) is 5.84. The molecule has 0 fully saturated rings. The van der Waals surface area contributed by atoms with E-state index >= 15 is 0 Å². The number of nitrogens with one attached hydrogen (secondary N) is 1. The Hall–Kier alpha value is -2.62. The minimum atomic E-state index is -0.669. The molecule has 3 rings (SSSR count). The van der Waals surface area contributed by atoms with E-state index in [-0.39, 0.29) is 23.1 Å². The lowest BCUT2D eigenvalue weighted by Crippen LogP contribution is -2.52. The molecule has 1 atom stereocenters. The molecule has 1 unspecified atom stereocenters. The summed E-state index contributed by atoms with van der Waals surface area (Å²) in [6.45, 7) is 15.3. The van der Waals surface area contributed by atoms with Gasteiger partial charge in [0.05, 0.1) is 0 Å². The van der Waals surface area contributed by atoms with Crippen molar-refractivity contribution in [2.45, 2.75) is 66.5 Å². The van der Waals surface area contributed by atoms with Gasteiger partial charge in [-0.15, -0.1) is 0 Å². The maximum atomic E-state index is 13.8. The Labute approximate surface area is 187 Å². The number of rotatable bonds is 5. The number of benzene rings is 2. The first-order valence-electron chi connectivity index (χ1n) is 11.2. The van der Waals surface area contributed by atoms with Crippen molar-refractivity contribution >= 4 is 11.8 Å². The Morgan fingerprint density at radius 3 is 2.06 bits per heavy atom. The molecule has 2 aromatic rings. The maximum absolute atomic E-state index is 13.8. The highest BCUT2D eigenvalue weighted by Crippen LogP contribution is 2.39. The summed E-state index contributed by atoms with van der Waals surface area (Å²) in [5, 5.41) is 3.27. The van der Waals surface area contributed by atoms with Crippen molar-refractivity contribution in [2.75, 3.05) is 6.54 Å². The van der Waals surface area contributed by atoms with Crippen LogP contribution >= 0.6 is 0 Å². The topological polar surface area (TPSA) is 49.4 Å². The lowest BCUT2D eigenvalue weighted by Gasteiger charge is -2.37. The van der Waals surface area contributed by atoms with Crippen molar-refractivity contribution in [3.05, 3.63) is 59.7 Å².